The van der Waals surface area contributed by atoms with Gasteiger partial charge in [-0.2, -0.15) is 0 Å². The molecule has 0 aromatic heterocycles. The normalized spacial score (nSPS) is 27.3. The van der Waals surface area contributed by atoms with Gasteiger partial charge in [-0.15, -0.1) is 6.58 Å². The smallest absolute Gasteiger partial charge is 0.163 e. The van der Waals surface area contributed by atoms with Gasteiger partial charge in [0.1, 0.15) is 12.2 Å². The predicted molar refractivity (Wildman–Crippen MR) is 52.5 cm³/mol. The zero-order valence-electron chi connectivity index (χ0n) is 8.91. The third-order valence-corrected chi connectivity index (χ3v) is 1.65. The molecule has 0 spiro atoms. The molecule has 13 heavy (non-hydrogen) atoms. The van der Waals surface area contributed by atoms with E-state index in [0.29, 0.717) is 6.61 Å². The average molecular weight is 188 g/mol. The maximum atomic E-state index is 9.27. The molecule has 3 heteroatoms. The van der Waals surface area contributed by atoms with Crippen LogP contribution in [0.5, 0.6) is 0 Å². The fourth-order valence-corrected chi connectivity index (χ4v) is 1.04. The standard InChI is InChI=1S/C8H14O3.C2H6/c1-4-6(9)7-5-10-8(2,3)11-7;1-2/h4,6-7,9H,1,5H2,2-3H3;1-2H3. The Balaban J connectivity index is 0.000000671. The number of ether oxygens (including phenoxy) is 2. The summed E-state index contributed by atoms with van der Waals surface area (Å²) in [6.07, 6.45) is 0.564. The molecule has 1 N–H and O–H groups in total. The Bertz CT molecular complexity index is 154. The zero-order chi connectivity index (χ0) is 10.5. The van der Waals surface area contributed by atoms with Gasteiger partial charge in [0.05, 0.1) is 6.61 Å². The van der Waals surface area contributed by atoms with Gasteiger partial charge in [-0.25, -0.2) is 0 Å². The molecule has 1 saturated heterocycles. The molecule has 78 valence electrons. The topological polar surface area (TPSA) is 38.7 Å². The lowest BCUT2D eigenvalue weighted by Crippen LogP contribution is -2.28. The molecule has 2 unspecified atom stereocenters. The van der Waals surface area contributed by atoms with Gasteiger partial charge in [-0.05, 0) is 13.8 Å². The molecule has 0 bridgehead atoms. The highest BCUT2D eigenvalue weighted by Crippen LogP contribution is 2.24. The number of hydrogen-bond donors (Lipinski definition) is 1. The van der Waals surface area contributed by atoms with Gasteiger partial charge in [0, 0.05) is 0 Å². The van der Waals surface area contributed by atoms with E-state index in [-0.39, 0.29) is 6.10 Å². The average Bonchev–Trinajstić information content (AvgIpc) is 2.48. The quantitative estimate of drug-likeness (QED) is 0.670. The van der Waals surface area contributed by atoms with Gasteiger partial charge in [0.15, 0.2) is 5.79 Å². The first-order valence-electron chi connectivity index (χ1n) is 4.67. The minimum atomic E-state index is -0.628. The first kappa shape index (κ1) is 12.6. The highest BCUT2D eigenvalue weighted by molar-refractivity contribution is 4.88. The van der Waals surface area contributed by atoms with Gasteiger partial charge < -0.3 is 14.6 Å². The molecule has 0 saturated carbocycles. The van der Waals surface area contributed by atoms with Crippen molar-refractivity contribution in [1.82, 2.24) is 0 Å². The second-order valence-electron chi connectivity index (χ2n) is 3.09. The lowest BCUT2D eigenvalue weighted by atomic mass is 10.2. The molecule has 0 aliphatic carbocycles. The van der Waals surface area contributed by atoms with E-state index in [1.54, 1.807) is 0 Å². The molecule has 0 aromatic rings. The number of rotatable bonds is 2. The maximum absolute atomic E-state index is 9.27. The van der Waals surface area contributed by atoms with Crippen molar-refractivity contribution >= 4 is 0 Å². The van der Waals surface area contributed by atoms with Crippen LogP contribution in [0, 0.1) is 0 Å². The first-order valence-corrected chi connectivity index (χ1v) is 4.67. The highest BCUT2D eigenvalue weighted by atomic mass is 16.7. The van der Waals surface area contributed by atoms with E-state index in [2.05, 4.69) is 6.58 Å². The van der Waals surface area contributed by atoms with Crippen LogP contribution in [0.15, 0.2) is 12.7 Å². The van der Waals surface area contributed by atoms with E-state index >= 15 is 0 Å². The Kier molecular flexibility index (Phi) is 5.21. The van der Waals surface area contributed by atoms with Crippen LogP contribution in [0.25, 0.3) is 0 Å². The first-order chi connectivity index (χ1) is 6.05. The minimum Gasteiger partial charge on any atom is -0.386 e. The van der Waals surface area contributed by atoms with Gasteiger partial charge in [0.25, 0.3) is 0 Å². The highest BCUT2D eigenvalue weighted by Gasteiger charge is 2.35. The molecule has 1 aliphatic rings. The summed E-state index contributed by atoms with van der Waals surface area (Å²) in [5.41, 5.74) is 0. The predicted octanol–water partition coefficient (Wildman–Crippen LogP) is 1.71. The summed E-state index contributed by atoms with van der Waals surface area (Å²) in [6.45, 7) is 11.5. The number of aliphatic hydroxyl groups is 1. The van der Waals surface area contributed by atoms with Gasteiger partial charge >= 0.3 is 0 Å². The molecule has 3 nitrogen and oxygen atoms in total. The third-order valence-electron chi connectivity index (χ3n) is 1.65. The van der Waals surface area contributed by atoms with Crippen molar-refractivity contribution in [3.8, 4) is 0 Å². The fourth-order valence-electron chi connectivity index (χ4n) is 1.04. The minimum absolute atomic E-state index is 0.262. The van der Waals surface area contributed by atoms with Gasteiger partial charge in [-0.1, -0.05) is 19.9 Å². The van der Waals surface area contributed by atoms with Crippen molar-refractivity contribution in [3.63, 3.8) is 0 Å². The molecule has 1 fully saturated rings. The molecule has 0 aromatic carbocycles. The second kappa shape index (κ2) is 5.37. The Morgan fingerprint density at radius 3 is 2.38 bits per heavy atom. The molecule has 1 rings (SSSR count). The van der Waals surface area contributed by atoms with E-state index in [9.17, 15) is 5.11 Å². The van der Waals surface area contributed by atoms with Crippen LogP contribution in [0.4, 0.5) is 0 Å². The van der Waals surface area contributed by atoms with E-state index in [4.69, 9.17) is 9.47 Å². The fraction of sp³-hybridized carbons (Fsp3) is 0.800. The summed E-state index contributed by atoms with van der Waals surface area (Å²) in [4.78, 5) is 0. The third kappa shape index (κ3) is 3.89. The van der Waals surface area contributed by atoms with Crippen molar-refractivity contribution in [3.05, 3.63) is 12.7 Å². The lowest BCUT2D eigenvalue weighted by Gasteiger charge is -2.18. The summed E-state index contributed by atoms with van der Waals surface area (Å²) < 4.78 is 10.6. The van der Waals surface area contributed by atoms with Crippen LogP contribution in [-0.2, 0) is 9.47 Å². The Morgan fingerprint density at radius 1 is 1.54 bits per heavy atom. The van der Waals surface area contributed by atoms with E-state index in [0.717, 1.165) is 0 Å². The molecular weight excluding hydrogens is 168 g/mol. The van der Waals surface area contributed by atoms with Crippen LogP contribution >= 0.6 is 0 Å². The van der Waals surface area contributed by atoms with Crippen molar-refractivity contribution in [2.45, 2.75) is 45.7 Å². The molecular formula is C10H20O3. The maximum Gasteiger partial charge on any atom is 0.163 e. The van der Waals surface area contributed by atoms with E-state index in [1.165, 1.54) is 6.08 Å². The van der Waals surface area contributed by atoms with Crippen LogP contribution in [0.1, 0.15) is 27.7 Å². The monoisotopic (exact) mass is 188 g/mol. The van der Waals surface area contributed by atoms with Crippen LogP contribution in [-0.4, -0.2) is 29.7 Å². The molecule has 1 heterocycles. The van der Waals surface area contributed by atoms with Gasteiger partial charge in [0.2, 0.25) is 0 Å². The summed E-state index contributed by atoms with van der Waals surface area (Å²) in [6, 6.07) is 0. The van der Waals surface area contributed by atoms with Crippen LogP contribution < -0.4 is 0 Å². The van der Waals surface area contributed by atoms with Crippen molar-refractivity contribution < 1.29 is 14.6 Å². The van der Waals surface area contributed by atoms with Crippen LogP contribution in [0.3, 0.4) is 0 Å². The molecule has 2 atom stereocenters. The Labute approximate surface area is 80.4 Å². The van der Waals surface area contributed by atoms with Crippen molar-refractivity contribution in [2.24, 2.45) is 0 Å². The van der Waals surface area contributed by atoms with Crippen molar-refractivity contribution in [2.75, 3.05) is 6.61 Å². The molecule has 1 aliphatic heterocycles. The zero-order valence-corrected chi connectivity index (χ0v) is 8.91. The van der Waals surface area contributed by atoms with E-state index < -0.39 is 11.9 Å². The van der Waals surface area contributed by atoms with E-state index in [1.807, 2.05) is 27.7 Å². The molecule has 0 amide bonds. The number of hydrogen-bond acceptors (Lipinski definition) is 3. The summed E-state index contributed by atoms with van der Waals surface area (Å²) in [5, 5.41) is 9.27. The number of aliphatic hydroxyl groups excluding tert-OH is 1. The largest absolute Gasteiger partial charge is 0.386 e. The Morgan fingerprint density at radius 2 is 2.08 bits per heavy atom. The van der Waals surface area contributed by atoms with Crippen LogP contribution in [0.2, 0.25) is 0 Å². The second-order valence-corrected chi connectivity index (χ2v) is 3.09. The molecule has 0 radical (unpaired) electrons. The lowest BCUT2D eigenvalue weighted by molar-refractivity contribution is -0.147. The van der Waals surface area contributed by atoms with Crippen molar-refractivity contribution in [1.29, 1.82) is 0 Å². The Hall–Kier alpha value is -0.380. The summed E-state index contributed by atoms with van der Waals surface area (Å²) in [5.74, 6) is -0.561. The summed E-state index contributed by atoms with van der Waals surface area (Å²) >= 11 is 0. The van der Waals surface area contributed by atoms with Gasteiger partial charge in [-0.3, -0.25) is 0 Å². The SMILES string of the molecule is C=CC(O)C1COC(C)(C)O1.CC. The summed E-state index contributed by atoms with van der Waals surface area (Å²) in [7, 11) is 0.